The number of benzene rings is 1. The molecule has 1 heterocycles. The van der Waals surface area contributed by atoms with Gasteiger partial charge in [-0.25, -0.2) is 14.5 Å². The molecule has 1 aromatic carbocycles. The van der Waals surface area contributed by atoms with Crippen LogP contribution in [0.25, 0.3) is 5.69 Å². The fourth-order valence-corrected chi connectivity index (χ4v) is 2.12. The number of aromatic nitrogens is 3. The van der Waals surface area contributed by atoms with E-state index in [-0.39, 0.29) is 5.82 Å². The molecule has 0 bridgehead atoms. The smallest absolute Gasteiger partial charge is 0.375 e. The maximum atomic E-state index is 10.8. The molecule has 2 aromatic rings. The summed E-state index contributed by atoms with van der Waals surface area (Å²) in [5.74, 6) is -0.951. The van der Waals surface area contributed by atoms with Crippen molar-refractivity contribution in [3.05, 3.63) is 39.3 Å². The lowest BCUT2D eigenvalue weighted by molar-refractivity contribution is 0.0683. The van der Waals surface area contributed by atoms with Crippen molar-refractivity contribution in [3.8, 4) is 5.69 Å². The van der Waals surface area contributed by atoms with Gasteiger partial charge in [-0.05, 0) is 25.1 Å². The maximum Gasteiger partial charge on any atom is 0.375 e. The van der Waals surface area contributed by atoms with Crippen LogP contribution in [0.15, 0.2) is 22.7 Å². The minimum absolute atomic E-state index is 0.249. The standard InChI is InChI=1S/C10H7BrClN3O2/c1-5-13-9(10(16)17)14-15(5)8-3-2-6(11)4-7(8)12/h2-4H,1H3,(H,16,17). The van der Waals surface area contributed by atoms with Crippen LogP contribution < -0.4 is 0 Å². The Kier molecular flexibility index (Phi) is 3.17. The third-order valence-electron chi connectivity index (χ3n) is 2.10. The number of aryl methyl sites for hydroxylation is 1. The SMILES string of the molecule is Cc1nc(C(=O)O)nn1-c1ccc(Br)cc1Cl. The van der Waals surface area contributed by atoms with Crippen molar-refractivity contribution in [1.29, 1.82) is 0 Å². The van der Waals surface area contributed by atoms with Crippen molar-refractivity contribution in [3.63, 3.8) is 0 Å². The van der Waals surface area contributed by atoms with Crippen LogP contribution >= 0.6 is 27.5 Å². The summed E-state index contributed by atoms with van der Waals surface area (Å²) in [5, 5.41) is 13.1. The lowest BCUT2D eigenvalue weighted by atomic mass is 10.3. The molecule has 0 aliphatic rings. The summed E-state index contributed by atoms with van der Waals surface area (Å²) < 4.78 is 2.24. The Morgan fingerprint density at radius 3 is 2.76 bits per heavy atom. The molecule has 0 atom stereocenters. The maximum absolute atomic E-state index is 10.8. The second kappa shape index (κ2) is 4.46. The Hall–Kier alpha value is -1.40. The lowest BCUT2D eigenvalue weighted by Crippen LogP contribution is -2.02. The summed E-state index contributed by atoms with van der Waals surface area (Å²) in [5.41, 5.74) is 0.590. The van der Waals surface area contributed by atoms with E-state index >= 15 is 0 Å². The van der Waals surface area contributed by atoms with Crippen LogP contribution in [-0.2, 0) is 0 Å². The molecule has 7 heteroatoms. The summed E-state index contributed by atoms with van der Waals surface area (Å²) in [6.07, 6.45) is 0. The van der Waals surface area contributed by atoms with Gasteiger partial charge in [0.05, 0.1) is 10.7 Å². The average Bonchev–Trinajstić information content (AvgIpc) is 2.61. The molecular weight excluding hydrogens is 309 g/mol. The highest BCUT2D eigenvalue weighted by molar-refractivity contribution is 9.10. The van der Waals surface area contributed by atoms with Gasteiger partial charge in [0, 0.05) is 4.47 Å². The van der Waals surface area contributed by atoms with Gasteiger partial charge in [0.1, 0.15) is 5.82 Å². The molecule has 0 spiro atoms. The molecule has 0 fully saturated rings. The number of rotatable bonds is 2. The quantitative estimate of drug-likeness (QED) is 0.925. The number of carbonyl (C=O) groups is 1. The van der Waals surface area contributed by atoms with E-state index in [1.807, 2.05) is 0 Å². The van der Waals surface area contributed by atoms with Gasteiger partial charge in [0.2, 0.25) is 0 Å². The third-order valence-corrected chi connectivity index (χ3v) is 2.89. The molecular formula is C10H7BrClN3O2. The molecule has 1 N–H and O–H groups in total. The van der Waals surface area contributed by atoms with Crippen molar-refractivity contribution >= 4 is 33.5 Å². The Balaban J connectivity index is 2.56. The van der Waals surface area contributed by atoms with E-state index in [9.17, 15) is 4.79 Å². The molecule has 2 rings (SSSR count). The van der Waals surface area contributed by atoms with Gasteiger partial charge in [-0.2, -0.15) is 0 Å². The van der Waals surface area contributed by atoms with Gasteiger partial charge >= 0.3 is 5.97 Å². The molecule has 0 saturated carbocycles. The lowest BCUT2D eigenvalue weighted by Gasteiger charge is -2.05. The van der Waals surface area contributed by atoms with Gasteiger partial charge in [-0.3, -0.25) is 0 Å². The predicted octanol–water partition coefficient (Wildman–Crippen LogP) is 2.69. The van der Waals surface area contributed by atoms with Gasteiger partial charge in [-0.1, -0.05) is 27.5 Å². The second-order valence-electron chi connectivity index (χ2n) is 3.30. The molecule has 0 aliphatic carbocycles. The minimum Gasteiger partial charge on any atom is -0.475 e. The van der Waals surface area contributed by atoms with Crippen LogP contribution in [0.3, 0.4) is 0 Å². The van der Waals surface area contributed by atoms with Crippen LogP contribution in [0, 0.1) is 6.92 Å². The number of halogens is 2. The van der Waals surface area contributed by atoms with Gasteiger partial charge in [0.15, 0.2) is 0 Å². The third kappa shape index (κ3) is 2.32. The summed E-state index contributed by atoms with van der Waals surface area (Å²) in [6, 6.07) is 5.24. The Morgan fingerprint density at radius 1 is 1.53 bits per heavy atom. The molecule has 0 unspecified atom stereocenters. The first-order valence-corrected chi connectivity index (χ1v) is 5.78. The van der Waals surface area contributed by atoms with Crippen molar-refractivity contribution in [2.24, 2.45) is 0 Å². The van der Waals surface area contributed by atoms with Crippen molar-refractivity contribution in [1.82, 2.24) is 14.8 Å². The van der Waals surface area contributed by atoms with Gasteiger partial charge in [0.25, 0.3) is 5.82 Å². The predicted molar refractivity (Wildman–Crippen MR) is 65.8 cm³/mol. The first-order valence-electron chi connectivity index (χ1n) is 4.61. The zero-order valence-electron chi connectivity index (χ0n) is 8.69. The molecule has 5 nitrogen and oxygen atoms in total. The number of hydrogen-bond acceptors (Lipinski definition) is 3. The van der Waals surface area contributed by atoms with E-state index < -0.39 is 5.97 Å². The molecule has 17 heavy (non-hydrogen) atoms. The molecule has 1 aromatic heterocycles. The van der Waals surface area contributed by atoms with Crippen LogP contribution in [0.1, 0.15) is 16.4 Å². The van der Waals surface area contributed by atoms with Crippen LogP contribution in [0.4, 0.5) is 0 Å². The summed E-state index contributed by atoms with van der Waals surface area (Å²) in [4.78, 5) is 14.6. The van der Waals surface area contributed by atoms with Crippen LogP contribution in [0.5, 0.6) is 0 Å². The fourth-order valence-electron chi connectivity index (χ4n) is 1.36. The van der Waals surface area contributed by atoms with Crippen molar-refractivity contribution in [2.75, 3.05) is 0 Å². The number of hydrogen-bond donors (Lipinski definition) is 1. The van der Waals surface area contributed by atoms with Crippen molar-refractivity contribution < 1.29 is 9.90 Å². The zero-order valence-corrected chi connectivity index (χ0v) is 11.0. The Morgan fingerprint density at radius 2 is 2.24 bits per heavy atom. The summed E-state index contributed by atoms with van der Waals surface area (Å²) in [7, 11) is 0. The molecule has 0 radical (unpaired) electrons. The normalized spacial score (nSPS) is 10.5. The number of aromatic carboxylic acids is 1. The fraction of sp³-hybridized carbons (Fsp3) is 0.100. The summed E-state index contributed by atoms with van der Waals surface area (Å²) in [6.45, 7) is 1.66. The Labute approximate surface area is 110 Å². The second-order valence-corrected chi connectivity index (χ2v) is 4.62. The zero-order chi connectivity index (χ0) is 12.6. The highest BCUT2D eigenvalue weighted by atomic mass is 79.9. The summed E-state index contributed by atoms with van der Waals surface area (Å²) >= 11 is 9.35. The van der Waals surface area contributed by atoms with Crippen LogP contribution in [-0.4, -0.2) is 25.8 Å². The number of nitrogens with zero attached hydrogens (tertiary/aromatic N) is 3. The molecule has 88 valence electrons. The van der Waals surface area contributed by atoms with Gasteiger partial charge in [-0.15, -0.1) is 5.10 Å². The van der Waals surface area contributed by atoms with Crippen molar-refractivity contribution in [2.45, 2.75) is 6.92 Å². The highest BCUT2D eigenvalue weighted by Crippen LogP contribution is 2.24. The topological polar surface area (TPSA) is 68.0 Å². The molecule has 0 amide bonds. The monoisotopic (exact) mass is 315 g/mol. The molecule has 0 saturated heterocycles. The Bertz CT molecular complexity index is 597. The van der Waals surface area contributed by atoms with E-state index in [0.717, 1.165) is 4.47 Å². The highest BCUT2D eigenvalue weighted by Gasteiger charge is 2.15. The number of carboxylic acid groups (broad SMARTS) is 1. The minimum atomic E-state index is -1.17. The van der Waals surface area contributed by atoms with Crippen LogP contribution in [0.2, 0.25) is 5.02 Å². The average molecular weight is 317 g/mol. The van der Waals surface area contributed by atoms with E-state index in [4.69, 9.17) is 16.7 Å². The first-order chi connectivity index (χ1) is 7.99. The van der Waals surface area contributed by atoms with Gasteiger partial charge < -0.3 is 5.11 Å². The van der Waals surface area contributed by atoms with E-state index in [2.05, 4.69) is 26.0 Å². The van der Waals surface area contributed by atoms with E-state index in [1.54, 1.807) is 25.1 Å². The largest absolute Gasteiger partial charge is 0.475 e. The van der Waals surface area contributed by atoms with E-state index in [1.165, 1.54) is 4.68 Å². The number of carboxylic acids is 1. The first kappa shape index (κ1) is 12.1. The van der Waals surface area contributed by atoms with E-state index in [0.29, 0.717) is 16.5 Å². The molecule has 0 aliphatic heterocycles.